The van der Waals surface area contributed by atoms with Crippen LogP contribution in [0.3, 0.4) is 0 Å². The average Bonchev–Trinajstić information content (AvgIpc) is 2.10. The molecule has 0 bridgehead atoms. The Labute approximate surface area is 77.3 Å². The zero-order chi connectivity index (χ0) is 9.07. The highest BCUT2D eigenvalue weighted by Gasteiger charge is 1.89. The average molecular weight is 192 g/mol. The van der Waals surface area contributed by atoms with Crippen LogP contribution in [0.25, 0.3) is 0 Å². The van der Waals surface area contributed by atoms with Gasteiger partial charge in [0.15, 0.2) is 9.76 Å². The van der Waals surface area contributed by atoms with Crippen LogP contribution in [0.4, 0.5) is 0 Å². The van der Waals surface area contributed by atoms with Gasteiger partial charge in [-0.1, -0.05) is 6.55 Å². The highest BCUT2D eigenvalue weighted by Crippen LogP contribution is 1.90. The highest BCUT2D eigenvalue weighted by molar-refractivity contribution is 6.24. The molecule has 0 atom stereocenters. The maximum atomic E-state index is 5.32. The normalized spacial score (nSPS) is 11.5. The molecule has 0 aromatic heterocycles. The summed E-state index contributed by atoms with van der Waals surface area (Å²) in [5.74, 6) is 0. The van der Waals surface area contributed by atoms with Gasteiger partial charge in [0.2, 0.25) is 0 Å². The Balaban J connectivity index is 2.73. The second-order valence-electron chi connectivity index (χ2n) is 2.51. The second-order valence-corrected chi connectivity index (χ2v) is 3.49. The first kappa shape index (κ1) is 12.1. The van der Waals surface area contributed by atoms with Crippen molar-refractivity contribution in [2.45, 2.75) is 19.4 Å². The summed E-state index contributed by atoms with van der Waals surface area (Å²) in [7, 11) is 1.49. The Kier molecular flexibility index (Phi) is 11.2. The van der Waals surface area contributed by atoms with Crippen LogP contribution in [0.15, 0.2) is 0 Å². The summed E-state index contributed by atoms with van der Waals surface area (Å²) in [5.41, 5.74) is 0. The van der Waals surface area contributed by atoms with E-state index in [0.717, 1.165) is 26.1 Å². The SMILES string of the molecule is COCCOCCCCO[SiH2]C. The molecule has 0 radical (unpaired) electrons. The van der Waals surface area contributed by atoms with Gasteiger partial charge in [0.05, 0.1) is 13.2 Å². The summed E-state index contributed by atoms with van der Waals surface area (Å²) in [5, 5.41) is 0. The number of ether oxygens (including phenoxy) is 2. The first-order valence-corrected chi connectivity index (χ1v) is 6.55. The molecule has 0 amide bonds. The number of hydrogen-bond donors (Lipinski definition) is 0. The van der Waals surface area contributed by atoms with Crippen molar-refractivity contribution in [3.63, 3.8) is 0 Å². The van der Waals surface area contributed by atoms with Crippen molar-refractivity contribution < 1.29 is 13.9 Å². The van der Waals surface area contributed by atoms with Crippen molar-refractivity contribution >= 4 is 9.76 Å². The predicted molar refractivity (Wildman–Crippen MR) is 52.3 cm³/mol. The Hall–Kier alpha value is 0.0969. The molecule has 0 unspecified atom stereocenters. The monoisotopic (exact) mass is 192 g/mol. The molecule has 0 saturated heterocycles. The smallest absolute Gasteiger partial charge is 0.158 e. The van der Waals surface area contributed by atoms with Gasteiger partial charge in [-0.2, -0.15) is 0 Å². The van der Waals surface area contributed by atoms with Crippen LogP contribution in [-0.2, 0) is 13.9 Å². The van der Waals surface area contributed by atoms with E-state index in [1.807, 2.05) is 0 Å². The number of rotatable bonds is 9. The van der Waals surface area contributed by atoms with Gasteiger partial charge < -0.3 is 13.9 Å². The quantitative estimate of drug-likeness (QED) is 0.395. The van der Waals surface area contributed by atoms with Gasteiger partial charge in [-0.3, -0.25) is 0 Å². The van der Waals surface area contributed by atoms with Gasteiger partial charge in [0.1, 0.15) is 0 Å². The van der Waals surface area contributed by atoms with E-state index in [-0.39, 0.29) is 9.76 Å². The van der Waals surface area contributed by atoms with Crippen molar-refractivity contribution in [2.75, 3.05) is 33.5 Å². The fourth-order valence-corrected chi connectivity index (χ4v) is 1.29. The third-order valence-electron chi connectivity index (χ3n) is 1.46. The van der Waals surface area contributed by atoms with Crippen LogP contribution >= 0.6 is 0 Å². The topological polar surface area (TPSA) is 27.7 Å². The van der Waals surface area contributed by atoms with E-state index < -0.39 is 0 Å². The Morgan fingerprint density at radius 2 is 1.75 bits per heavy atom. The first-order valence-electron chi connectivity index (χ1n) is 4.56. The lowest BCUT2D eigenvalue weighted by Gasteiger charge is -2.03. The molecule has 3 nitrogen and oxygen atoms in total. The minimum atomic E-state index is -0.194. The Morgan fingerprint density at radius 3 is 2.42 bits per heavy atom. The fraction of sp³-hybridized carbons (Fsp3) is 1.00. The van der Waals surface area contributed by atoms with Crippen molar-refractivity contribution in [3.05, 3.63) is 0 Å². The molecule has 0 aromatic carbocycles. The lowest BCUT2D eigenvalue weighted by molar-refractivity contribution is 0.0674. The standard InChI is InChI=1S/C8H20O3Si/c1-9-7-8-10-5-3-4-6-11-12-2/h3-8,12H2,1-2H3. The van der Waals surface area contributed by atoms with Crippen LogP contribution in [-0.4, -0.2) is 43.3 Å². The van der Waals surface area contributed by atoms with E-state index in [4.69, 9.17) is 13.9 Å². The van der Waals surface area contributed by atoms with Gasteiger partial charge in [-0.25, -0.2) is 0 Å². The number of unbranched alkanes of at least 4 members (excludes halogenated alkanes) is 1. The van der Waals surface area contributed by atoms with Crippen LogP contribution < -0.4 is 0 Å². The molecular formula is C8H20O3Si. The van der Waals surface area contributed by atoms with Gasteiger partial charge >= 0.3 is 0 Å². The third-order valence-corrected chi connectivity index (χ3v) is 2.16. The summed E-state index contributed by atoms with van der Waals surface area (Å²) in [6.45, 7) is 5.29. The van der Waals surface area contributed by atoms with E-state index in [1.165, 1.54) is 0 Å². The van der Waals surface area contributed by atoms with Crippen LogP contribution in [0.1, 0.15) is 12.8 Å². The van der Waals surface area contributed by atoms with E-state index in [2.05, 4.69) is 6.55 Å². The summed E-state index contributed by atoms with van der Waals surface area (Å²) in [4.78, 5) is 0. The van der Waals surface area contributed by atoms with E-state index in [0.29, 0.717) is 13.2 Å². The zero-order valence-corrected chi connectivity index (χ0v) is 9.59. The predicted octanol–water partition coefficient (Wildman–Crippen LogP) is 0.578. The number of hydrogen-bond acceptors (Lipinski definition) is 3. The van der Waals surface area contributed by atoms with Gasteiger partial charge in [-0.05, 0) is 12.8 Å². The van der Waals surface area contributed by atoms with Crippen LogP contribution in [0.5, 0.6) is 0 Å². The molecule has 0 aliphatic carbocycles. The molecule has 0 aromatic rings. The molecule has 0 fully saturated rings. The van der Waals surface area contributed by atoms with E-state index in [1.54, 1.807) is 7.11 Å². The number of methoxy groups -OCH3 is 1. The van der Waals surface area contributed by atoms with Crippen molar-refractivity contribution in [1.29, 1.82) is 0 Å². The third kappa shape index (κ3) is 10.1. The molecule has 0 rings (SSSR count). The van der Waals surface area contributed by atoms with E-state index in [9.17, 15) is 0 Å². The second kappa shape index (κ2) is 11.1. The van der Waals surface area contributed by atoms with Crippen molar-refractivity contribution in [2.24, 2.45) is 0 Å². The lowest BCUT2D eigenvalue weighted by Crippen LogP contribution is -2.04. The highest BCUT2D eigenvalue weighted by atomic mass is 28.2. The van der Waals surface area contributed by atoms with Gasteiger partial charge in [0, 0.05) is 20.3 Å². The van der Waals surface area contributed by atoms with Gasteiger partial charge in [-0.15, -0.1) is 0 Å². The van der Waals surface area contributed by atoms with Gasteiger partial charge in [0.25, 0.3) is 0 Å². The maximum absolute atomic E-state index is 5.32. The van der Waals surface area contributed by atoms with Crippen molar-refractivity contribution in [1.82, 2.24) is 0 Å². The molecular weight excluding hydrogens is 172 g/mol. The summed E-state index contributed by atoms with van der Waals surface area (Å²) < 4.78 is 15.4. The van der Waals surface area contributed by atoms with E-state index >= 15 is 0 Å². The molecule has 0 aliphatic rings. The minimum Gasteiger partial charge on any atom is -0.424 e. The minimum absolute atomic E-state index is 0.194. The molecule has 0 saturated carbocycles. The molecule has 4 heteroatoms. The fourth-order valence-electron chi connectivity index (χ4n) is 0.797. The largest absolute Gasteiger partial charge is 0.424 e. The summed E-state index contributed by atoms with van der Waals surface area (Å²) in [6, 6.07) is 0. The summed E-state index contributed by atoms with van der Waals surface area (Å²) in [6.07, 6.45) is 2.21. The van der Waals surface area contributed by atoms with Crippen LogP contribution in [0, 0.1) is 0 Å². The Bertz CT molecular complexity index is 70.7. The first-order chi connectivity index (χ1) is 5.91. The maximum Gasteiger partial charge on any atom is 0.158 e. The van der Waals surface area contributed by atoms with Crippen molar-refractivity contribution in [3.8, 4) is 0 Å². The molecule has 0 spiro atoms. The Morgan fingerprint density at radius 1 is 1.00 bits per heavy atom. The van der Waals surface area contributed by atoms with Crippen LogP contribution in [0.2, 0.25) is 6.55 Å². The molecule has 0 aliphatic heterocycles. The molecule has 0 heterocycles. The molecule has 74 valence electrons. The summed E-state index contributed by atoms with van der Waals surface area (Å²) >= 11 is 0. The molecule has 0 N–H and O–H groups in total. The zero-order valence-electron chi connectivity index (χ0n) is 8.17. The lowest BCUT2D eigenvalue weighted by atomic mass is 10.3. The molecule has 12 heavy (non-hydrogen) atoms.